The molecular weight excluding hydrogens is 262 g/mol. The highest BCUT2D eigenvalue weighted by atomic mass is 35.5. The summed E-state index contributed by atoms with van der Waals surface area (Å²) in [5.41, 5.74) is 2.68. The molecule has 0 amide bonds. The summed E-state index contributed by atoms with van der Waals surface area (Å²) in [6.07, 6.45) is 4.92. The maximum atomic E-state index is 11.8. The van der Waals surface area contributed by atoms with Gasteiger partial charge in [0.2, 0.25) is 0 Å². The molecule has 0 bridgehead atoms. The van der Waals surface area contributed by atoms with Gasteiger partial charge < -0.3 is 9.67 Å². The van der Waals surface area contributed by atoms with Crippen LogP contribution in [0, 0.1) is 13.8 Å². The number of carbonyl (C=O) groups excluding carboxylic acids is 1. The van der Waals surface area contributed by atoms with E-state index < -0.39 is 0 Å². The van der Waals surface area contributed by atoms with Gasteiger partial charge >= 0.3 is 0 Å². The zero-order chi connectivity index (χ0) is 14.0. The number of aliphatic hydroxyl groups excluding tert-OH is 1. The summed E-state index contributed by atoms with van der Waals surface area (Å²) in [6, 6.07) is 2.00. The molecule has 0 aromatic carbocycles. The van der Waals surface area contributed by atoms with Crippen molar-refractivity contribution in [1.29, 1.82) is 0 Å². The van der Waals surface area contributed by atoms with E-state index in [2.05, 4.69) is 4.57 Å². The smallest absolute Gasteiger partial charge is 0.179 e. The average molecular weight is 284 g/mol. The first-order chi connectivity index (χ1) is 9.06. The summed E-state index contributed by atoms with van der Waals surface area (Å²) in [4.78, 5) is 11.8. The highest BCUT2D eigenvalue weighted by molar-refractivity contribution is 6.30. The molecule has 0 radical (unpaired) electrons. The maximum Gasteiger partial charge on any atom is 0.179 e. The van der Waals surface area contributed by atoms with Gasteiger partial charge in [0.15, 0.2) is 5.78 Å². The summed E-state index contributed by atoms with van der Waals surface area (Å²) >= 11 is 5.65. The van der Waals surface area contributed by atoms with E-state index in [9.17, 15) is 9.90 Å². The van der Waals surface area contributed by atoms with E-state index in [-0.39, 0.29) is 23.8 Å². The van der Waals surface area contributed by atoms with Crippen LogP contribution in [0.2, 0.25) is 0 Å². The normalized spacial score (nSPS) is 24.2. The Labute approximate surface area is 119 Å². The van der Waals surface area contributed by atoms with Crippen molar-refractivity contribution in [1.82, 2.24) is 4.57 Å². The molecule has 2 unspecified atom stereocenters. The van der Waals surface area contributed by atoms with E-state index in [1.807, 2.05) is 19.9 Å². The van der Waals surface area contributed by atoms with Crippen LogP contribution in [-0.2, 0) is 0 Å². The molecule has 1 aliphatic rings. The second kappa shape index (κ2) is 6.10. The lowest BCUT2D eigenvalue weighted by Crippen LogP contribution is -2.25. The first-order valence-corrected chi connectivity index (χ1v) is 7.55. The standard InChI is InChI=1S/C15H22ClNO2/c1-10-8-12(15(19)9-16)11(2)17(10)13-6-4-3-5-7-14(13)18/h8,13-14,18H,3-7,9H2,1-2H3. The van der Waals surface area contributed by atoms with Gasteiger partial charge in [0.1, 0.15) is 0 Å². The Morgan fingerprint density at radius 2 is 2.05 bits per heavy atom. The Hall–Kier alpha value is -0.800. The molecule has 4 heteroatoms. The van der Waals surface area contributed by atoms with Crippen molar-refractivity contribution < 1.29 is 9.90 Å². The zero-order valence-electron chi connectivity index (χ0n) is 11.7. The van der Waals surface area contributed by atoms with E-state index in [1.54, 1.807) is 0 Å². The van der Waals surface area contributed by atoms with E-state index in [0.717, 1.165) is 37.1 Å². The number of aryl methyl sites for hydroxylation is 1. The molecular formula is C15H22ClNO2. The quantitative estimate of drug-likeness (QED) is 0.525. The van der Waals surface area contributed by atoms with E-state index in [4.69, 9.17) is 11.6 Å². The van der Waals surface area contributed by atoms with Gasteiger partial charge in [0.25, 0.3) is 0 Å². The summed E-state index contributed by atoms with van der Waals surface area (Å²) in [6.45, 7) is 3.94. The van der Waals surface area contributed by atoms with E-state index in [1.165, 1.54) is 6.42 Å². The SMILES string of the molecule is Cc1cc(C(=O)CCl)c(C)n1C1CCCCCC1O. The van der Waals surface area contributed by atoms with Crippen molar-refractivity contribution in [3.63, 3.8) is 0 Å². The van der Waals surface area contributed by atoms with Crippen molar-refractivity contribution >= 4 is 17.4 Å². The third kappa shape index (κ3) is 2.87. The van der Waals surface area contributed by atoms with Crippen molar-refractivity contribution in [3.8, 4) is 0 Å². The van der Waals surface area contributed by atoms with Crippen LogP contribution in [0.4, 0.5) is 0 Å². The molecule has 2 rings (SSSR count). The summed E-state index contributed by atoms with van der Waals surface area (Å²) < 4.78 is 2.13. The summed E-state index contributed by atoms with van der Waals surface area (Å²) in [7, 11) is 0. The number of Topliss-reactive ketones (excluding diaryl/α,β-unsaturated/α-hetero) is 1. The van der Waals surface area contributed by atoms with Gasteiger partial charge in [0.05, 0.1) is 18.0 Å². The largest absolute Gasteiger partial charge is 0.391 e. The first kappa shape index (κ1) is 14.6. The molecule has 106 valence electrons. The summed E-state index contributed by atoms with van der Waals surface area (Å²) in [5, 5.41) is 10.3. The Morgan fingerprint density at radius 3 is 2.74 bits per heavy atom. The number of halogens is 1. The third-order valence-electron chi connectivity index (χ3n) is 4.18. The Kier molecular flexibility index (Phi) is 4.69. The Balaban J connectivity index is 2.38. The highest BCUT2D eigenvalue weighted by Crippen LogP contribution is 2.31. The molecule has 0 saturated heterocycles. The predicted octanol–water partition coefficient (Wildman–Crippen LogP) is 3.39. The van der Waals surface area contributed by atoms with Crippen LogP contribution in [0.5, 0.6) is 0 Å². The fourth-order valence-electron chi connectivity index (χ4n) is 3.21. The van der Waals surface area contributed by atoms with Crippen LogP contribution in [0.1, 0.15) is 59.9 Å². The molecule has 1 fully saturated rings. The van der Waals surface area contributed by atoms with Crippen molar-refractivity contribution in [2.24, 2.45) is 0 Å². The Bertz CT molecular complexity index is 467. The van der Waals surface area contributed by atoms with Gasteiger partial charge in [-0.2, -0.15) is 0 Å². The molecule has 2 atom stereocenters. The van der Waals surface area contributed by atoms with Crippen molar-refractivity contribution in [2.75, 3.05) is 5.88 Å². The predicted molar refractivity (Wildman–Crippen MR) is 77.1 cm³/mol. The number of ketones is 1. The van der Waals surface area contributed by atoms with Crippen LogP contribution >= 0.6 is 11.6 Å². The summed E-state index contributed by atoms with van der Waals surface area (Å²) in [5.74, 6) is -0.0264. The molecule has 1 aliphatic carbocycles. The number of aliphatic hydroxyl groups is 1. The fraction of sp³-hybridized carbons (Fsp3) is 0.667. The molecule has 1 aromatic rings. The van der Waals surface area contributed by atoms with Gasteiger partial charge in [0, 0.05) is 17.0 Å². The second-order valence-corrected chi connectivity index (χ2v) is 5.75. The molecule has 1 saturated carbocycles. The minimum atomic E-state index is -0.314. The minimum Gasteiger partial charge on any atom is -0.391 e. The third-order valence-corrected chi connectivity index (χ3v) is 4.42. The van der Waals surface area contributed by atoms with Crippen LogP contribution < -0.4 is 0 Å². The van der Waals surface area contributed by atoms with E-state index in [0.29, 0.717) is 5.56 Å². The zero-order valence-corrected chi connectivity index (χ0v) is 12.4. The lowest BCUT2D eigenvalue weighted by atomic mass is 10.1. The lowest BCUT2D eigenvalue weighted by molar-refractivity contribution is 0.1000. The molecule has 19 heavy (non-hydrogen) atoms. The lowest BCUT2D eigenvalue weighted by Gasteiger charge is -2.25. The highest BCUT2D eigenvalue weighted by Gasteiger charge is 2.27. The fourth-order valence-corrected chi connectivity index (χ4v) is 3.36. The average Bonchev–Trinajstić information content (AvgIpc) is 2.56. The number of rotatable bonds is 3. The van der Waals surface area contributed by atoms with Gasteiger partial charge in [-0.3, -0.25) is 4.79 Å². The monoisotopic (exact) mass is 283 g/mol. The van der Waals surface area contributed by atoms with Crippen LogP contribution in [0.15, 0.2) is 6.07 Å². The van der Waals surface area contributed by atoms with Crippen LogP contribution in [0.3, 0.4) is 0 Å². The molecule has 1 aromatic heterocycles. The molecule has 0 spiro atoms. The molecule has 1 heterocycles. The number of nitrogens with zero attached hydrogens (tertiary/aromatic N) is 1. The molecule has 0 aliphatic heterocycles. The number of aromatic nitrogens is 1. The molecule has 1 N–H and O–H groups in total. The van der Waals surface area contributed by atoms with Crippen molar-refractivity contribution in [3.05, 3.63) is 23.0 Å². The second-order valence-electron chi connectivity index (χ2n) is 5.48. The number of hydrogen-bond donors (Lipinski definition) is 1. The topological polar surface area (TPSA) is 42.2 Å². The van der Waals surface area contributed by atoms with Crippen molar-refractivity contribution in [2.45, 2.75) is 58.1 Å². The number of alkyl halides is 1. The van der Waals surface area contributed by atoms with Gasteiger partial charge in [-0.25, -0.2) is 0 Å². The van der Waals surface area contributed by atoms with Gasteiger partial charge in [-0.1, -0.05) is 19.3 Å². The first-order valence-electron chi connectivity index (χ1n) is 7.02. The molecule has 3 nitrogen and oxygen atoms in total. The number of carbonyl (C=O) groups is 1. The van der Waals surface area contributed by atoms with Crippen LogP contribution in [0.25, 0.3) is 0 Å². The van der Waals surface area contributed by atoms with Gasteiger partial charge in [-0.15, -0.1) is 11.6 Å². The van der Waals surface area contributed by atoms with Crippen LogP contribution in [-0.4, -0.2) is 27.4 Å². The maximum absolute atomic E-state index is 11.8. The number of hydrogen-bond acceptors (Lipinski definition) is 2. The Morgan fingerprint density at radius 1 is 1.37 bits per heavy atom. The minimum absolute atomic E-state index is 0.0114. The van der Waals surface area contributed by atoms with E-state index >= 15 is 0 Å². The van der Waals surface area contributed by atoms with Gasteiger partial charge in [-0.05, 0) is 32.8 Å².